The van der Waals surface area contributed by atoms with Gasteiger partial charge in [0.2, 0.25) is 10.0 Å². The Morgan fingerprint density at radius 3 is 2.34 bits per heavy atom. The van der Waals surface area contributed by atoms with Gasteiger partial charge in [0, 0.05) is 12.2 Å². The van der Waals surface area contributed by atoms with E-state index in [9.17, 15) is 30.8 Å². The van der Waals surface area contributed by atoms with Gasteiger partial charge in [0.15, 0.2) is 6.10 Å². The molecule has 29 heavy (non-hydrogen) atoms. The number of ether oxygens (including phenoxy) is 1. The number of aliphatic hydroxyl groups is 1. The zero-order chi connectivity index (χ0) is 21.8. The van der Waals surface area contributed by atoms with Crippen LogP contribution < -0.4 is 14.8 Å². The molecule has 0 aliphatic rings. The lowest BCUT2D eigenvalue weighted by molar-refractivity contribution is -0.200. The molecular formula is C17H16F4N2O5S. The van der Waals surface area contributed by atoms with Gasteiger partial charge in [0.25, 0.3) is 5.91 Å². The Morgan fingerprint density at radius 1 is 1.17 bits per heavy atom. The van der Waals surface area contributed by atoms with Gasteiger partial charge in [0.05, 0.1) is 17.6 Å². The van der Waals surface area contributed by atoms with E-state index >= 15 is 0 Å². The minimum absolute atomic E-state index is 0.00103. The summed E-state index contributed by atoms with van der Waals surface area (Å²) in [6.07, 6.45) is -7.89. The summed E-state index contributed by atoms with van der Waals surface area (Å²) in [5.41, 5.74) is -0.00536. The average Bonchev–Trinajstić information content (AvgIpc) is 2.66. The smallest absolute Gasteiger partial charge is 0.415 e. The van der Waals surface area contributed by atoms with E-state index in [1.807, 2.05) is 0 Å². The number of halogens is 4. The summed E-state index contributed by atoms with van der Waals surface area (Å²) in [6.45, 7) is -1.30. The van der Waals surface area contributed by atoms with Crippen LogP contribution in [0.2, 0.25) is 0 Å². The van der Waals surface area contributed by atoms with Crippen molar-refractivity contribution in [1.82, 2.24) is 4.72 Å². The molecule has 0 spiro atoms. The second kappa shape index (κ2) is 8.76. The summed E-state index contributed by atoms with van der Waals surface area (Å²) >= 11 is 0. The van der Waals surface area contributed by atoms with Crippen LogP contribution in [0.3, 0.4) is 0 Å². The normalized spacial score (nSPS) is 13.0. The van der Waals surface area contributed by atoms with Crippen LogP contribution in [0.4, 0.5) is 23.2 Å². The first-order valence-electron chi connectivity index (χ1n) is 7.93. The van der Waals surface area contributed by atoms with E-state index in [-0.39, 0.29) is 17.0 Å². The standard InChI is InChI=1S/C17H16F4N2O5S/c1-28-14-7-6-12(29(26,27)22-9-15(24)17(19,20)21)8-13(14)16(25)23-11-4-2-10(18)3-5-11/h2-8,15,22,24H,9H2,1H3,(H,23,25)/t15-/m1/s1. The van der Waals surface area contributed by atoms with Gasteiger partial charge in [-0.2, -0.15) is 13.2 Å². The molecule has 7 nitrogen and oxygen atoms in total. The van der Waals surface area contributed by atoms with Crippen molar-refractivity contribution in [3.63, 3.8) is 0 Å². The molecule has 2 aromatic carbocycles. The summed E-state index contributed by atoms with van der Waals surface area (Å²) in [4.78, 5) is 11.9. The fraction of sp³-hybridized carbons (Fsp3) is 0.235. The fourth-order valence-electron chi connectivity index (χ4n) is 2.15. The molecule has 0 saturated carbocycles. The number of carbonyl (C=O) groups excluding carboxylic acids is 1. The molecule has 0 fully saturated rings. The second-order valence-electron chi connectivity index (χ2n) is 5.73. The van der Waals surface area contributed by atoms with Crippen molar-refractivity contribution in [2.75, 3.05) is 19.0 Å². The molecule has 1 atom stereocenters. The van der Waals surface area contributed by atoms with Crippen molar-refractivity contribution in [2.45, 2.75) is 17.2 Å². The highest BCUT2D eigenvalue weighted by molar-refractivity contribution is 7.89. The maximum absolute atomic E-state index is 13.0. The van der Waals surface area contributed by atoms with Gasteiger partial charge in [-0.3, -0.25) is 4.79 Å². The van der Waals surface area contributed by atoms with Crippen LogP contribution in [-0.4, -0.2) is 45.4 Å². The van der Waals surface area contributed by atoms with Crippen LogP contribution in [0.5, 0.6) is 5.75 Å². The third-order valence-corrected chi connectivity index (χ3v) is 5.09. The maximum Gasteiger partial charge on any atom is 0.415 e. The minimum atomic E-state index is -5.00. The first-order chi connectivity index (χ1) is 13.4. The number of hydrogen-bond acceptors (Lipinski definition) is 5. The van der Waals surface area contributed by atoms with Crippen LogP contribution in [-0.2, 0) is 10.0 Å². The van der Waals surface area contributed by atoms with Crippen molar-refractivity contribution in [2.24, 2.45) is 0 Å². The largest absolute Gasteiger partial charge is 0.496 e. The monoisotopic (exact) mass is 436 g/mol. The predicted octanol–water partition coefficient (Wildman–Crippen LogP) is 2.29. The molecule has 1 amide bonds. The quantitative estimate of drug-likeness (QED) is 0.578. The molecular weight excluding hydrogens is 420 g/mol. The molecule has 0 radical (unpaired) electrons. The van der Waals surface area contributed by atoms with Gasteiger partial charge in [-0.1, -0.05) is 0 Å². The summed E-state index contributed by atoms with van der Waals surface area (Å²) in [5.74, 6) is -1.32. The molecule has 2 aromatic rings. The number of rotatable bonds is 7. The van der Waals surface area contributed by atoms with E-state index in [4.69, 9.17) is 9.84 Å². The minimum Gasteiger partial charge on any atom is -0.496 e. The molecule has 2 rings (SSSR count). The topological polar surface area (TPSA) is 105 Å². The van der Waals surface area contributed by atoms with E-state index < -0.39 is 45.5 Å². The number of methoxy groups -OCH3 is 1. The molecule has 0 aromatic heterocycles. The molecule has 0 aliphatic heterocycles. The number of anilines is 1. The Bertz CT molecular complexity index is 978. The number of aliphatic hydroxyl groups excluding tert-OH is 1. The van der Waals surface area contributed by atoms with Gasteiger partial charge in [0.1, 0.15) is 11.6 Å². The van der Waals surface area contributed by atoms with Gasteiger partial charge in [-0.15, -0.1) is 0 Å². The van der Waals surface area contributed by atoms with Crippen LogP contribution in [0.1, 0.15) is 10.4 Å². The zero-order valence-corrected chi connectivity index (χ0v) is 15.6. The third-order valence-electron chi connectivity index (χ3n) is 3.67. The van der Waals surface area contributed by atoms with Gasteiger partial charge >= 0.3 is 6.18 Å². The van der Waals surface area contributed by atoms with Crippen molar-refractivity contribution in [1.29, 1.82) is 0 Å². The fourth-order valence-corrected chi connectivity index (χ4v) is 3.22. The van der Waals surface area contributed by atoms with Gasteiger partial charge < -0.3 is 15.2 Å². The summed E-state index contributed by atoms with van der Waals surface area (Å²) in [6, 6.07) is 7.83. The zero-order valence-electron chi connectivity index (χ0n) is 14.8. The number of sulfonamides is 1. The maximum atomic E-state index is 13.0. The molecule has 0 aliphatic carbocycles. The highest BCUT2D eigenvalue weighted by Crippen LogP contribution is 2.24. The van der Waals surface area contributed by atoms with Gasteiger partial charge in [-0.05, 0) is 42.5 Å². The second-order valence-corrected chi connectivity index (χ2v) is 7.50. The Balaban J connectivity index is 2.27. The molecule has 0 heterocycles. The highest BCUT2D eigenvalue weighted by Gasteiger charge is 2.38. The SMILES string of the molecule is COc1ccc(S(=O)(=O)NC[C@@H](O)C(F)(F)F)cc1C(=O)Nc1ccc(F)cc1. The average molecular weight is 436 g/mol. The summed E-state index contributed by atoms with van der Waals surface area (Å²) in [7, 11) is -3.24. The van der Waals surface area contributed by atoms with Crippen molar-refractivity contribution >= 4 is 21.6 Å². The van der Waals surface area contributed by atoms with Crippen molar-refractivity contribution in [3.05, 3.63) is 53.8 Å². The van der Waals surface area contributed by atoms with Crippen LogP contribution in [0.15, 0.2) is 47.4 Å². The van der Waals surface area contributed by atoms with E-state index in [1.54, 1.807) is 4.72 Å². The van der Waals surface area contributed by atoms with Crippen LogP contribution >= 0.6 is 0 Å². The number of hydrogen-bond donors (Lipinski definition) is 3. The first-order valence-corrected chi connectivity index (χ1v) is 9.42. The third kappa shape index (κ3) is 5.89. The lowest BCUT2D eigenvalue weighted by atomic mass is 10.2. The summed E-state index contributed by atoms with van der Waals surface area (Å²) in [5, 5.41) is 11.4. The Kier molecular flexibility index (Phi) is 6.82. The van der Waals surface area contributed by atoms with E-state index in [2.05, 4.69) is 5.32 Å². The van der Waals surface area contributed by atoms with Crippen molar-refractivity contribution < 1.29 is 40.6 Å². The Morgan fingerprint density at radius 2 is 1.79 bits per heavy atom. The molecule has 0 saturated heterocycles. The Hall–Kier alpha value is -2.70. The van der Waals surface area contributed by atoms with E-state index in [1.165, 1.54) is 19.2 Å². The molecule has 158 valence electrons. The molecule has 12 heteroatoms. The molecule has 0 bridgehead atoms. The first kappa shape index (κ1) is 22.6. The summed E-state index contributed by atoms with van der Waals surface area (Å²) < 4.78 is 81.1. The lowest BCUT2D eigenvalue weighted by Crippen LogP contribution is -2.40. The Labute approximate surface area is 163 Å². The predicted molar refractivity (Wildman–Crippen MR) is 94.6 cm³/mol. The number of benzene rings is 2. The number of alkyl halides is 3. The number of nitrogens with one attached hydrogen (secondary N) is 2. The van der Waals surface area contributed by atoms with E-state index in [0.29, 0.717) is 0 Å². The highest BCUT2D eigenvalue weighted by atomic mass is 32.2. The number of carbonyl (C=O) groups is 1. The van der Waals surface area contributed by atoms with Crippen molar-refractivity contribution in [3.8, 4) is 5.75 Å². The lowest BCUT2D eigenvalue weighted by Gasteiger charge is -2.16. The molecule has 3 N–H and O–H groups in total. The van der Waals surface area contributed by atoms with Crippen LogP contribution in [0.25, 0.3) is 0 Å². The van der Waals surface area contributed by atoms with Crippen LogP contribution in [0, 0.1) is 5.82 Å². The van der Waals surface area contributed by atoms with E-state index in [0.717, 1.165) is 30.3 Å². The number of amides is 1. The van der Waals surface area contributed by atoms with Gasteiger partial charge in [-0.25, -0.2) is 17.5 Å². The molecule has 0 unspecified atom stereocenters.